The van der Waals surface area contributed by atoms with Gasteiger partial charge in [0.1, 0.15) is 5.75 Å². The molecule has 0 aliphatic heterocycles. The van der Waals surface area contributed by atoms with Gasteiger partial charge in [-0.25, -0.2) is 4.98 Å². The lowest BCUT2D eigenvalue weighted by Crippen LogP contribution is -1.97. The molecule has 0 unspecified atom stereocenters. The molecule has 0 saturated carbocycles. The molecular formula is C17H24N2OS. The van der Waals surface area contributed by atoms with Crippen LogP contribution in [0.25, 0.3) is 0 Å². The molecule has 1 heterocycles. The topological polar surface area (TPSA) is 34.1 Å². The summed E-state index contributed by atoms with van der Waals surface area (Å²) in [7, 11) is 0. The Morgan fingerprint density at radius 1 is 1.05 bits per heavy atom. The molecule has 0 bridgehead atoms. The third-order valence-corrected chi connectivity index (χ3v) is 3.99. The Morgan fingerprint density at radius 3 is 2.52 bits per heavy atom. The molecule has 0 saturated heterocycles. The number of hydrogen-bond acceptors (Lipinski definition) is 4. The number of ether oxygens (including phenoxy) is 1. The smallest absolute Gasteiger partial charge is 0.187 e. The molecule has 2 aromatic rings. The largest absolute Gasteiger partial charge is 0.494 e. The van der Waals surface area contributed by atoms with Crippen LogP contribution in [0, 0.1) is 0 Å². The van der Waals surface area contributed by atoms with Crippen LogP contribution in [0.15, 0.2) is 35.8 Å². The maximum atomic E-state index is 5.76. The summed E-state index contributed by atoms with van der Waals surface area (Å²) >= 11 is 1.59. The highest BCUT2D eigenvalue weighted by Crippen LogP contribution is 2.21. The number of hydrogen-bond donors (Lipinski definition) is 1. The first-order valence-corrected chi connectivity index (χ1v) is 8.66. The molecule has 0 aliphatic rings. The lowest BCUT2D eigenvalue weighted by molar-refractivity contribution is 0.304. The highest BCUT2D eigenvalue weighted by atomic mass is 32.1. The minimum Gasteiger partial charge on any atom is -0.494 e. The summed E-state index contributed by atoms with van der Waals surface area (Å²) in [6.45, 7) is 3.06. The van der Waals surface area contributed by atoms with Crippen LogP contribution in [0.3, 0.4) is 0 Å². The number of anilines is 2. The minimum atomic E-state index is 0.811. The third kappa shape index (κ3) is 6.17. The molecule has 1 N–H and O–H groups in total. The first kappa shape index (κ1) is 15.8. The molecule has 1 aromatic heterocycles. The number of unbranched alkanes of at least 4 members (excludes halogenated alkanes) is 5. The van der Waals surface area contributed by atoms with Crippen molar-refractivity contribution in [2.24, 2.45) is 0 Å². The fraction of sp³-hybridized carbons (Fsp3) is 0.471. The molecule has 0 radical (unpaired) electrons. The van der Waals surface area contributed by atoms with Crippen LogP contribution >= 0.6 is 11.3 Å². The van der Waals surface area contributed by atoms with Crippen LogP contribution < -0.4 is 10.1 Å². The number of nitrogens with one attached hydrogen (secondary N) is 1. The maximum absolute atomic E-state index is 5.76. The molecule has 2 rings (SSSR count). The van der Waals surface area contributed by atoms with Gasteiger partial charge in [0.15, 0.2) is 5.13 Å². The number of aromatic nitrogens is 1. The Hall–Kier alpha value is -1.55. The second kappa shape index (κ2) is 9.40. The van der Waals surface area contributed by atoms with Gasteiger partial charge in [0, 0.05) is 17.3 Å². The highest BCUT2D eigenvalue weighted by molar-refractivity contribution is 7.13. The first-order chi connectivity index (χ1) is 10.4. The second-order valence-corrected chi connectivity index (χ2v) is 6.00. The molecule has 114 valence electrons. The molecule has 0 fully saturated rings. The van der Waals surface area contributed by atoms with Gasteiger partial charge < -0.3 is 10.1 Å². The molecule has 0 amide bonds. The predicted octanol–water partition coefficient (Wildman–Crippen LogP) is 5.63. The average molecular weight is 304 g/mol. The van der Waals surface area contributed by atoms with Gasteiger partial charge in [0.2, 0.25) is 0 Å². The summed E-state index contributed by atoms with van der Waals surface area (Å²) in [4.78, 5) is 4.20. The molecule has 0 atom stereocenters. The zero-order chi connectivity index (χ0) is 14.8. The monoisotopic (exact) mass is 304 g/mol. The second-order valence-electron chi connectivity index (χ2n) is 5.10. The van der Waals surface area contributed by atoms with E-state index in [-0.39, 0.29) is 0 Å². The van der Waals surface area contributed by atoms with Crippen LogP contribution in [-0.2, 0) is 0 Å². The van der Waals surface area contributed by atoms with Gasteiger partial charge in [-0.1, -0.05) is 39.0 Å². The number of rotatable bonds is 10. The van der Waals surface area contributed by atoms with Gasteiger partial charge in [-0.3, -0.25) is 0 Å². The van der Waals surface area contributed by atoms with Crippen molar-refractivity contribution in [3.63, 3.8) is 0 Å². The van der Waals surface area contributed by atoms with E-state index in [1.807, 2.05) is 29.6 Å². The van der Waals surface area contributed by atoms with E-state index in [0.717, 1.165) is 29.6 Å². The quantitative estimate of drug-likeness (QED) is 0.578. The Labute approximate surface area is 131 Å². The number of nitrogens with zero attached hydrogens (tertiary/aromatic N) is 1. The summed E-state index contributed by atoms with van der Waals surface area (Å²) in [6.07, 6.45) is 9.55. The summed E-state index contributed by atoms with van der Waals surface area (Å²) in [5.41, 5.74) is 1.04. The molecule has 4 heteroatoms. The Bertz CT molecular complexity index is 482. The normalized spacial score (nSPS) is 10.5. The van der Waals surface area contributed by atoms with Crippen LogP contribution in [-0.4, -0.2) is 11.6 Å². The van der Waals surface area contributed by atoms with Gasteiger partial charge in [0.05, 0.1) is 6.61 Å². The van der Waals surface area contributed by atoms with Crippen molar-refractivity contribution in [2.75, 3.05) is 11.9 Å². The Kier molecular flexibility index (Phi) is 7.08. The summed E-state index contributed by atoms with van der Waals surface area (Å²) in [6, 6.07) is 8.07. The van der Waals surface area contributed by atoms with Crippen molar-refractivity contribution >= 4 is 22.2 Å². The van der Waals surface area contributed by atoms with Gasteiger partial charge in [-0.15, -0.1) is 11.3 Å². The highest BCUT2D eigenvalue weighted by Gasteiger charge is 1.98. The van der Waals surface area contributed by atoms with Gasteiger partial charge in [0.25, 0.3) is 0 Å². The van der Waals surface area contributed by atoms with Crippen molar-refractivity contribution in [3.8, 4) is 5.75 Å². The zero-order valence-electron chi connectivity index (χ0n) is 12.7. The van der Waals surface area contributed by atoms with E-state index in [2.05, 4.69) is 17.2 Å². The predicted molar refractivity (Wildman–Crippen MR) is 90.7 cm³/mol. The van der Waals surface area contributed by atoms with E-state index in [1.165, 1.54) is 32.1 Å². The maximum Gasteiger partial charge on any atom is 0.187 e. The van der Waals surface area contributed by atoms with E-state index >= 15 is 0 Å². The van der Waals surface area contributed by atoms with E-state index < -0.39 is 0 Å². The zero-order valence-corrected chi connectivity index (χ0v) is 13.5. The van der Waals surface area contributed by atoms with Gasteiger partial charge >= 0.3 is 0 Å². The minimum absolute atomic E-state index is 0.811. The summed E-state index contributed by atoms with van der Waals surface area (Å²) < 4.78 is 5.76. The van der Waals surface area contributed by atoms with E-state index in [0.29, 0.717) is 0 Å². The van der Waals surface area contributed by atoms with Crippen molar-refractivity contribution in [1.29, 1.82) is 0 Å². The molecule has 3 nitrogen and oxygen atoms in total. The van der Waals surface area contributed by atoms with Gasteiger partial charge in [-0.2, -0.15) is 0 Å². The fourth-order valence-electron chi connectivity index (χ4n) is 2.12. The molecule has 21 heavy (non-hydrogen) atoms. The molecule has 0 aliphatic carbocycles. The van der Waals surface area contributed by atoms with E-state index in [1.54, 1.807) is 17.5 Å². The van der Waals surface area contributed by atoms with Gasteiger partial charge in [-0.05, 0) is 30.7 Å². The molecule has 0 spiro atoms. The van der Waals surface area contributed by atoms with Crippen molar-refractivity contribution in [2.45, 2.75) is 45.4 Å². The van der Waals surface area contributed by atoms with Crippen LogP contribution in [0.2, 0.25) is 0 Å². The number of benzene rings is 1. The van der Waals surface area contributed by atoms with E-state index in [9.17, 15) is 0 Å². The Morgan fingerprint density at radius 2 is 1.81 bits per heavy atom. The van der Waals surface area contributed by atoms with Crippen molar-refractivity contribution < 1.29 is 4.74 Å². The summed E-state index contributed by atoms with van der Waals surface area (Å²) in [5.74, 6) is 0.938. The Balaban J connectivity index is 1.63. The van der Waals surface area contributed by atoms with Crippen LogP contribution in [0.1, 0.15) is 45.4 Å². The lowest BCUT2D eigenvalue weighted by Gasteiger charge is -2.07. The number of thiazole rings is 1. The lowest BCUT2D eigenvalue weighted by atomic mass is 10.1. The van der Waals surface area contributed by atoms with Crippen molar-refractivity contribution in [3.05, 3.63) is 35.8 Å². The van der Waals surface area contributed by atoms with Crippen molar-refractivity contribution in [1.82, 2.24) is 4.98 Å². The van der Waals surface area contributed by atoms with Crippen LogP contribution in [0.5, 0.6) is 5.75 Å². The first-order valence-electron chi connectivity index (χ1n) is 7.78. The SMILES string of the molecule is CCCCCCCCOc1ccc(Nc2nccs2)cc1. The summed E-state index contributed by atoms with van der Waals surface area (Å²) in [5, 5.41) is 6.13. The van der Waals surface area contributed by atoms with Crippen LogP contribution in [0.4, 0.5) is 10.8 Å². The average Bonchev–Trinajstić information content (AvgIpc) is 3.01. The van der Waals surface area contributed by atoms with E-state index in [4.69, 9.17) is 4.74 Å². The molecular weight excluding hydrogens is 280 g/mol. The fourth-order valence-corrected chi connectivity index (χ4v) is 2.66. The standard InChI is InChI=1S/C17H24N2OS/c1-2-3-4-5-6-7-13-20-16-10-8-15(9-11-16)19-17-18-12-14-21-17/h8-12,14H,2-7,13H2,1H3,(H,18,19). The molecule has 1 aromatic carbocycles. The third-order valence-electron chi connectivity index (χ3n) is 3.30.